The molecule has 6 heteroatoms. The maximum absolute atomic E-state index is 12.5. The molecule has 0 saturated carbocycles. The van der Waals surface area contributed by atoms with Gasteiger partial charge >= 0.3 is 0 Å². The number of aryl methyl sites for hydroxylation is 2. The molecule has 0 radical (unpaired) electrons. The van der Waals surface area contributed by atoms with Crippen LogP contribution in [0.15, 0.2) is 6.07 Å². The Kier molecular flexibility index (Phi) is 5.36. The summed E-state index contributed by atoms with van der Waals surface area (Å²) in [4.78, 5) is 21.0. The van der Waals surface area contributed by atoms with Crippen molar-refractivity contribution in [2.45, 2.75) is 25.4 Å². The van der Waals surface area contributed by atoms with Crippen molar-refractivity contribution in [1.29, 1.82) is 0 Å². The van der Waals surface area contributed by atoms with Crippen molar-refractivity contribution in [3.63, 3.8) is 0 Å². The minimum atomic E-state index is -0.487. The summed E-state index contributed by atoms with van der Waals surface area (Å²) in [5, 5.41) is 10.3. The molecule has 1 unspecified atom stereocenters. The van der Waals surface area contributed by atoms with E-state index in [-0.39, 0.29) is 5.91 Å². The van der Waals surface area contributed by atoms with Gasteiger partial charge in [-0.3, -0.25) is 9.69 Å². The molecular weight excluding hydrogens is 310 g/mol. The molecule has 5 nitrogen and oxygen atoms in total. The van der Waals surface area contributed by atoms with E-state index in [0.29, 0.717) is 13.1 Å². The fourth-order valence-corrected chi connectivity index (χ4v) is 4.66. The number of carbonyl (C=O) groups is 1. The second kappa shape index (κ2) is 7.30. The number of likely N-dealkylation sites (N-methyl/N-ethyl adjacent to an activating group) is 2. The summed E-state index contributed by atoms with van der Waals surface area (Å²) in [5.41, 5.74) is 1.35. The molecule has 0 spiro atoms. The van der Waals surface area contributed by atoms with Crippen LogP contribution < -0.4 is 0 Å². The van der Waals surface area contributed by atoms with Crippen LogP contribution in [0.4, 0.5) is 0 Å². The number of aliphatic hydroxyl groups excluding tert-OH is 1. The van der Waals surface area contributed by atoms with Crippen molar-refractivity contribution in [1.82, 2.24) is 14.7 Å². The third kappa shape index (κ3) is 4.12. The lowest BCUT2D eigenvalue weighted by Gasteiger charge is -2.34. The second-order valence-corrected chi connectivity index (χ2v) is 7.99. The Balaban J connectivity index is 1.49. The van der Waals surface area contributed by atoms with Gasteiger partial charge in [0.2, 0.25) is 0 Å². The highest BCUT2D eigenvalue weighted by atomic mass is 32.1. The predicted molar refractivity (Wildman–Crippen MR) is 93.2 cm³/mol. The average Bonchev–Trinajstić information content (AvgIpc) is 3.10. The van der Waals surface area contributed by atoms with Crippen LogP contribution in [0.1, 0.15) is 26.5 Å². The number of rotatable bonds is 5. The zero-order valence-electron chi connectivity index (χ0n) is 14.1. The minimum absolute atomic E-state index is 0.0434. The molecule has 0 aromatic carbocycles. The summed E-state index contributed by atoms with van der Waals surface area (Å²) in [7, 11) is 3.92. The maximum Gasteiger partial charge on any atom is 0.263 e. The summed E-state index contributed by atoms with van der Waals surface area (Å²) in [6.07, 6.45) is 2.95. The van der Waals surface area contributed by atoms with Crippen LogP contribution in [0.25, 0.3) is 0 Å². The number of thiophene rings is 1. The third-order valence-corrected chi connectivity index (χ3v) is 6.08. The van der Waals surface area contributed by atoms with Crippen LogP contribution in [0, 0.1) is 0 Å². The SMILES string of the molecule is CN1CCN(CC(O)CN(C)C(=O)c2cc3c(s2)CCC3)CC1. The number of hydrogen-bond acceptors (Lipinski definition) is 5. The number of β-amino-alcohol motifs (C(OH)–C–C–N with tert-alkyl or cyclic N) is 1. The first-order valence-corrected chi connectivity index (χ1v) is 9.30. The molecular formula is C17H27N3O2S. The zero-order valence-corrected chi connectivity index (χ0v) is 14.9. The monoisotopic (exact) mass is 337 g/mol. The van der Waals surface area contributed by atoms with Gasteiger partial charge in [0, 0.05) is 51.2 Å². The Morgan fingerprint density at radius 3 is 2.78 bits per heavy atom. The third-order valence-electron chi connectivity index (χ3n) is 4.85. The topological polar surface area (TPSA) is 47.0 Å². The van der Waals surface area contributed by atoms with Crippen LogP contribution in [0.2, 0.25) is 0 Å². The van der Waals surface area contributed by atoms with Gasteiger partial charge in [-0.1, -0.05) is 0 Å². The highest BCUT2D eigenvalue weighted by Crippen LogP contribution is 2.31. The number of fused-ring (bicyclic) bond motifs is 1. The first-order chi connectivity index (χ1) is 11.0. The van der Waals surface area contributed by atoms with E-state index >= 15 is 0 Å². The average molecular weight is 337 g/mol. The molecule has 3 rings (SSSR count). The summed E-state index contributed by atoms with van der Waals surface area (Å²) >= 11 is 1.63. The lowest BCUT2D eigenvalue weighted by atomic mass is 10.2. The number of carbonyl (C=O) groups excluding carboxylic acids is 1. The van der Waals surface area contributed by atoms with E-state index in [1.165, 1.54) is 16.9 Å². The fraction of sp³-hybridized carbons (Fsp3) is 0.706. The Bertz CT molecular complexity index is 531. The summed E-state index contributed by atoms with van der Waals surface area (Å²) < 4.78 is 0. The van der Waals surface area contributed by atoms with Crippen molar-refractivity contribution < 1.29 is 9.90 Å². The highest BCUT2D eigenvalue weighted by Gasteiger charge is 2.23. The molecule has 1 aliphatic heterocycles. The first kappa shape index (κ1) is 16.9. The number of hydrogen-bond donors (Lipinski definition) is 1. The molecule has 1 N–H and O–H groups in total. The van der Waals surface area contributed by atoms with Crippen molar-refractivity contribution >= 4 is 17.2 Å². The molecule has 128 valence electrons. The van der Waals surface area contributed by atoms with Gasteiger partial charge in [-0.15, -0.1) is 11.3 Å². The van der Waals surface area contributed by atoms with E-state index < -0.39 is 6.10 Å². The lowest BCUT2D eigenvalue weighted by molar-refractivity contribution is 0.0504. The largest absolute Gasteiger partial charge is 0.390 e. The van der Waals surface area contributed by atoms with E-state index in [0.717, 1.165) is 43.9 Å². The minimum Gasteiger partial charge on any atom is -0.390 e. The Morgan fingerprint density at radius 1 is 1.35 bits per heavy atom. The van der Waals surface area contributed by atoms with Gasteiger partial charge in [-0.05, 0) is 37.9 Å². The highest BCUT2D eigenvalue weighted by molar-refractivity contribution is 7.14. The molecule has 1 aliphatic carbocycles. The Labute approximate surface area is 142 Å². The maximum atomic E-state index is 12.5. The molecule has 1 saturated heterocycles. The molecule has 1 aromatic rings. The predicted octanol–water partition coefficient (Wildman–Crippen LogP) is 0.917. The van der Waals surface area contributed by atoms with E-state index in [1.54, 1.807) is 23.3 Å². The summed E-state index contributed by atoms with van der Waals surface area (Å²) in [5.74, 6) is 0.0434. The van der Waals surface area contributed by atoms with Crippen molar-refractivity contribution in [2.75, 3.05) is 53.4 Å². The van der Waals surface area contributed by atoms with Gasteiger partial charge in [0.15, 0.2) is 0 Å². The summed E-state index contributed by atoms with van der Waals surface area (Å²) in [6, 6.07) is 2.05. The normalized spacial score (nSPS) is 20.5. The zero-order chi connectivity index (χ0) is 16.4. The first-order valence-electron chi connectivity index (χ1n) is 8.49. The molecule has 2 aliphatic rings. The molecule has 1 atom stereocenters. The van der Waals surface area contributed by atoms with Gasteiger partial charge in [0.25, 0.3) is 5.91 Å². The van der Waals surface area contributed by atoms with Gasteiger partial charge in [-0.2, -0.15) is 0 Å². The van der Waals surface area contributed by atoms with E-state index in [9.17, 15) is 9.90 Å². The van der Waals surface area contributed by atoms with Crippen LogP contribution in [0.3, 0.4) is 0 Å². The quantitative estimate of drug-likeness (QED) is 0.868. The second-order valence-electron chi connectivity index (χ2n) is 6.86. The van der Waals surface area contributed by atoms with Gasteiger partial charge in [0.05, 0.1) is 11.0 Å². The number of nitrogens with zero attached hydrogens (tertiary/aromatic N) is 3. The van der Waals surface area contributed by atoms with Gasteiger partial charge in [0.1, 0.15) is 0 Å². The fourth-order valence-electron chi connectivity index (χ4n) is 3.41. The number of piperazine rings is 1. The van der Waals surface area contributed by atoms with Crippen molar-refractivity contribution in [2.24, 2.45) is 0 Å². The van der Waals surface area contributed by atoms with Gasteiger partial charge < -0.3 is 14.9 Å². The molecule has 1 aromatic heterocycles. The molecule has 1 amide bonds. The van der Waals surface area contributed by atoms with Crippen LogP contribution >= 0.6 is 11.3 Å². The molecule has 2 heterocycles. The standard InChI is InChI=1S/C17H27N3O2S/c1-18-6-8-20(9-7-18)12-14(21)11-19(2)17(22)16-10-13-4-3-5-15(13)23-16/h10,14,21H,3-9,11-12H2,1-2H3. The number of aliphatic hydroxyl groups is 1. The van der Waals surface area contributed by atoms with Crippen molar-refractivity contribution in [3.05, 3.63) is 21.4 Å². The Morgan fingerprint density at radius 2 is 2.09 bits per heavy atom. The van der Waals surface area contributed by atoms with Crippen molar-refractivity contribution in [3.8, 4) is 0 Å². The van der Waals surface area contributed by atoms with E-state index in [2.05, 4.69) is 22.9 Å². The lowest BCUT2D eigenvalue weighted by Crippen LogP contribution is -2.48. The Hall–Kier alpha value is -0.950. The van der Waals surface area contributed by atoms with E-state index in [1.807, 2.05) is 0 Å². The number of amides is 1. The van der Waals surface area contributed by atoms with Crippen LogP contribution in [-0.4, -0.2) is 85.2 Å². The van der Waals surface area contributed by atoms with Crippen LogP contribution in [0.5, 0.6) is 0 Å². The smallest absolute Gasteiger partial charge is 0.263 e. The molecule has 23 heavy (non-hydrogen) atoms. The molecule has 0 bridgehead atoms. The van der Waals surface area contributed by atoms with E-state index in [4.69, 9.17) is 0 Å². The summed E-state index contributed by atoms with van der Waals surface area (Å²) in [6.45, 7) is 5.11. The van der Waals surface area contributed by atoms with Crippen LogP contribution in [-0.2, 0) is 12.8 Å². The van der Waals surface area contributed by atoms with Gasteiger partial charge in [-0.25, -0.2) is 0 Å². The molecule has 1 fully saturated rings.